The molecular weight excluding hydrogens is 1100 g/mol. The number of fused-ring (bicyclic) bond motifs is 6. The first kappa shape index (κ1) is 57.3. The SMILES string of the molecule is Cc1cc([PH+](c2ccccc2)c2ccccc2)c2nc(C)c3ccccc3c2c1.Cc1cc([PH+](c2ccccc2)c2ccccc2)c2nc(C)c3ccccc3c2c1.[Cu+].c1ccc([B-](c2ccccc2)(c2ccccc2)c2ccccc2)cc1. The van der Waals surface area contributed by atoms with E-state index in [2.05, 4.69) is 343 Å². The van der Waals surface area contributed by atoms with Gasteiger partial charge in [0, 0.05) is 32.9 Å². The number of hydrogen-bond donors (Lipinski definition) is 0. The van der Waals surface area contributed by atoms with Gasteiger partial charge in [-0.2, -0.15) is 21.9 Å². The summed E-state index contributed by atoms with van der Waals surface area (Å²) in [4.78, 5) is 10.3. The Bertz CT molecular complexity index is 4010. The van der Waals surface area contributed by atoms with Gasteiger partial charge in [-0.1, -0.05) is 243 Å². The van der Waals surface area contributed by atoms with Crippen molar-refractivity contribution in [2.75, 3.05) is 0 Å². The number of nitrogens with zero attached hydrogens (tertiary/aromatic N) is 2. The molecule has 2 heterocycles. The van der Waals surface area contributed by atoms with E-state index in [-0.39, 0.29) is 17.1 Å². The number of hydrogen-bond acceptors (Lipinski definition) is 2. The van der Waals surface area contributed by atoms with Crippen LogP contribution in [0.25, 0.3) is 43.4 Å². The molecule has 2 aromatic heterocycles. The van der Waals surface area contributed by atoms with Crippen molar-refractivity contribution in [1.82, 2.24) is 9.97 Å². The van der Waals surface area contributed by atoms with Gasteiger partial charge in [0.15, 0.2) is 0 Å². The van der Waals surface area contributed by atoms with Crippen molar-refractivity contribution in [2.24, 2.45) is 0 Å². The summed E-state index contributed by atoms with van der Waals surface area (Å²) >= 11 is 0. The second kappa shape index (κ2) is 26.3. The van der Waals surface area contributed by atoms with E-state index in [4.69, 9.17) is 9.97 Å². The molecule has 0 aliphatic rings. The Morgan fingerprint density at radius 2 is 0.476 bits per heavy atom. The number of benzene rings is 12. The van der Waals surface area contributed by atoms with Crippen LogP contribution in [0.15, 0.2) is 315 Å². The van der Waals surface area contributed by atoms with Gasteiger partial charge in [-0.3, -0.25) is 0 Å². The van der Waals surface area contributed by atoms with Crippen LogP contribution in [-0.4, -0.2) is 16.1 Å². The zero-order valence-electron chi connectivity index (χ0n) is 47.8. The van der Waals surface area contributed by atoms with Crippen molar-refractivity contribution in [2.45, 2.75) is 27.7 Å². The summed E-state index contributed by atoms with van der Waals surface area (Å²) in [7, 11) is -2.34. The number of pyridine rings is 2. The summed E-state index contributed by atoms with van der Waals surface area (Å²) in [6.07, 6.45) is -1.22. The fraction of sp³-hybridized carbons (Fsp3) is 0.0513. The monoisotopic (exact) mass is 1170 g/mol. The van der Waals surface area contributed by atoms with Gasteiger partial charge in [0.25, 0.3) is 0 Å². The quantitative estimate of drug-likeness (QED) is 0.0775. The molecule has 0 unspecified atom stereocenters. The van der Waals surface area contributed by atoms with Crippen LogP contribution >= 0.6 is 15.8 Å². The first-order chi connectivity index (χ1) is 40.9. The zero-order chi connectivity index (χ0) is 56.5. The molecule has 0 amide bonds. The third-order valence-corrected chi connectivity index (χ3v) is 21.8. The van der Waals surface area contributed by atoms with Crippen LogP contribution in [0.4, 0.5) is 0 Å². The molecule has 6 heteroatoms. The summed E-state index contributed by atoms with van der Waals surface area (Å²) in [6.45, 7) is 8.66. The number of rotatable bonds is 10. The smallest absolute Gasteiger partial charge is 0.248 e. The third-order valence-electron chi connectivity index (χ3n) is 16.3. The van der Waals surface area contributed by atoms with Crippen LogP contribution in [0.5, 0.6) is 0 Å². The normalized spacial score (nSPS) is 11.2. The fourth-order valence-corrected chi connectivity index (χ4v) is 18.2. The van der Waals surface area contributed by atoms with Crippen LogP contribution in [-0.2, 0) is 17.1 Å². The van der Waals surface area contributed by atoms with Gasteiger partial charge >= 0.3 is 17.1 Å². The molecule has 0 fully saturated rings. The van der Waals surface area contributed by atoms with E-state index >= 15 is 0 Å². The largest absolute Gasteiger partial charge is 1.00 e. The van der Waals surface area contributed by atoms with E-state index in [0.717, 1.165) is 22.4 Å². The summed E-state index contributed by atoms with van der Waals surface area (Å²) in [5.74, 6) is 0. The maximum absolute atomic E-state index is 5.14. The molecule has 84 heavy (non-hydrogen) atoms. The first-order valence-electron chi connectivity index (χ1n) is 28.8. The molecule has 0 bridgehead atoms. The van der Waals surface area contributed by atoms with Gasteiger partial charge in [0.2, 0.25) is 0 Å². The van der Waals surface area contributed by atoms with Crippen molar-refractivity contribution < 1.29 is 17.1 Å². The van der Waals surface area contributed by atoms with Gasteiger partial charge in [-0.05, 0) is 122 Å². The summed E-state index contributed by atoms with van der Waals surface area (Å²) in [6, 6.07) is 114. The van der Waals surface area contributed by atoms with Crippen LogP contribution in [0.3, 0.4) is 0 Å². The second-order valence-corrected chi connectivity index (χ2v) is 26.5. The molecule has 14 aromatic rings. The Morgan fingerprint density at radius 3 is 0.738 bits per heavy atom. The van der Waals surface area contributed by atoms with Crippen LogP contribution in [0.2, 0.25) is 0 Å². The van der Waals surface area contributed by atoms with Crippen molar-refractivity contribution in [1.29, 1.82) is 0 Å². The zero-order valence-corrected chi connectivity index (χ0v) is 50.7. The maximum Gasteiger partial charge on any atom is 1.00 e. The molecule has 0 atom stereocenters. The molecule has 12 aromatic carbocycles. The fourth-order valence-electron chi connectivity index (χ4n) is 12.6. The first-order valence-corrected chi connectivity index (χ1v) is 31.8. The average molecular weight is 1170 g/mol. The average Bonchev–Trinajstić information content (AvgIpc) is 1.28. The van der Waals surface area contributed by atoms with Crippen molar-refractivity contribution >= 4 is 119 Å². The van der Waals surface area contributed by atoms with Crippen molar-refractivity contribution in [3.63, 3.8) is 0 Å². The summed E-state index contributed by atoms with van der Waals surface area (Å²) in [5, 5.41) is 15.9. The molecule has 0 saturated heterocycles. The molecule has 0 aliphatic heterocycles. The Labute approximate surface area is 508 Å². The molecule has 2 nitrogen and oxygen atoms in total. The Morgan fingerprint density at radius 1 is 0.250 bits per heavy atom. The van der Waals surface area contributed by atoms with Gasteiger partial charge in [0.1, 0.15) is 64.8 Å². The minimum Gasteiger partial charge on any atom is -0.248 e. The molecule has 14 rings (SSSR count). The standard InChI is InChI=1S/2C27H22NP.C24H20B.Cu/c2*1-19-17-25-24-16-10-9-15-23(24)20(2)28-27(25)26(18-19)29(21-11-5-3-6-12-21)22-13-7-4-8-14-22;1-5-13-21(14-6-1)25(22-15-7-2-8-16-22,23-17-9-3-10-18-23)24-19-11-4-12-20-24;/h2*3-18H,1-2H3;1-20H;/q;;-1;+1/p+2. The third kappa shape index (κ3) is 11.7. The van der Waals surface area contributed by atoms with Gasteiger partial charge in [0.05, 0.1) is 0 Å². The van der Waals surface area contributed by atoms with Crippen LogP contribution < -0.4 is 53.7 Å². The minimum atomic E-state index is -1.22. The van der Waals surface area contributed by atoms with E-state index < -0.39 is 22.0 Å². The van der Waals surface area contributed by atoms with Crippen molar-refractivity contribution in [3.8, 4) is 0 Å². The van der Waals surface area contributed by atoms with Crippen LogP contribution in [0, 0.1) is 27.7 Å². The summed E-state index contributed by atoms with van der Waals surface area (Å²) < 4.78 is 0. The van der Waals surface area contributed by atoms with E-state index in [0.29, 0.717) is 0 Å². The van der Waals surface area contributed by atoms with Gasteiger partial charge in [-0.25, -0.2) is 9.97 Å². The Hall–Kier alpha value is -8.58. The van der Waals surface area contributed by atoms with E-state index in [1.54, 1.807) is 0 Å². The Kier molecular flexibility index (Phi) is 18.0. The predicted molar refractivity (Wildman–Crippen MR) is 368 cm³/mol. The van der Waals surface area contributed by atoms with Gasteiger partial charge in [-0.15, -0.1) is 0 Å². The second-order valence-electron chi connectivity index (χ2n) is 21.6. The summed E-state index contributed by atoms with van der Waals surface area (Å²) in [5.41, 5.74) is 12.4. The van der Waals surface area contributed by atoms with E-state index in [1.807, 2.05) is 0 Å². The molecule has 0 aliphatic carbocycles. The molecule has 0 spiro atoms. The van der Waals surface area contributed by atoms with Crippen LogP contribution in [0.1, 0.15) is 22.5 Å². The Balaban J connectivity index is 0.000000131. The number of aromatic nitrogens is 2. The van der Waals surface area contributed by atoms with E-state index in [1.165, 1.54) is 97.1 Å². The predicted octanol–water partition coefficient (Wildman–Crippen LogP) is 14.1. The minimum absolute atomic E-state index is 0. The maximum atomic E-state index is 5.14. The molecule has 0 radical (unpaired) electrons. The van der Waals surface area contributed by atoms with Gasteiger partial charge < -0.3 is 0 Å². The molecular formula is C78H66BCuN2P2+2. The molecule has 0 N–H and O–H groups in total. The topological polar surface area (TPSA) is 25.8 Å². The molecule has 0 saturated carbocycles. The van der Waals surface area contributed by atoms with Crippen molar-refractivity contribution in [3.05, 3.63) is 338 Å². The molecule has 410 valence electrons. The van der Waals surface area contributed by atoms with E-state index in [9.17, 15) is 0 Å². The number of aryl methyl sites for hydroxylation is 4.